The molecular weight excluding hydrogens is 720 g/mol. The van der Waals surface area contributed by atoms with Crippen LogP contribution in [0.5, 0.6) is 0 Å². The summed E-state index contributed by atoms with van der Waals surface area (Å²) in [4.78, 5) is 67.2. The minimum atomic E-state index is -2.05. The number of benzene rings is 3. The molecular formula is C41H42N6O9. The Morgan fingerprint density at radius 2 is 1.57 bits per heavy atom. The van der Waals surface area contributed by atoms with E-state index in [1.165, 1.54) is 28.5 Å². The topological polar surface area (TPSA) is 185 Å². The van der Waals surface area contributed by atoms with Crippen molar-refractivity contribution in [1.29, 1.82) is 0 Å². The first-order chi connectivity index (χ1) is 26.9. The molecule has 0 spiro atoms. The Morgan fingerprint density at radius 1 is 0.911 bits per heavy atom. The van der Waals surface area contributed by atoms with E-state index >= 15 is 0 Å². The van der Waals surface area contributed by atoms with Gasteiger partial charge < -0.3 is 24.6 Å². The summed E-state index contributed by atoms with van der Waals surface area (Å²) < 4.78 is 12.3. The van der Waals surface area contributed by atoms with Crippen molar-refractivity contribution in [2.75, 3.05) is 21.3 Å². The third-order valence-electron chi connectivity index (χ3n) is 10.4. The van der Waals surface area contributed by atoms with Crippen LogP contribution in [-0.4, -0.2) is 73.9 Å². The number of carbonyl (C=O) groups is 5. The van der Waals surface area contributed by atoms with Gasteiger partial charge in [-0.3, -0.25) is 38.5 Å². The van der Waals surface area contributed by atoms with Crippen LogP contribution in [0.25, 0.3) is 0 Å². The molecule has 3 unspecified atom stereocenters. The first-order valence-corrected chi connectivity index (χ1v) is 18.4. The number of anilines is 3. The van der Waals surface area contributed by atoms with Gasteiger partial charge in [-0.1, -0.05) is 66.8 Å². The zero-order valence-corrected chi connectivity index (χ0v) is 31.1. The fourth-order valence-corrected chi connectivity index (χ4v) is 7.48. The van der Waals surface area contributed by atoms with Crippen molar-refractivity contribution in [1.82, 2.24) is 15.0 Å². The number of fused-ring (bicyclic) bond motifs is 1. The van der Waals surface area contributed by atoms with Gasteiger partial charge in [0, 0.05) is 49.4 Å². The zero-order valence-electron chi connectivity index (χ0n) is 31.1. The average molecular weight is 763 g/mol. The molecule has 2 fully saturated rings. The molecule has 0 radical (unpaired) electrons. The molecule has 1 aromatic heterocycles. The number of carbonyl (C=O) groups excluding carboxylic acids is 5. The second-order valence-electron chi connectivity index (χ2n) is 14.2. The third-order valence-corrected chi connectivity index (χ3v) is 10.4. The van der Waals surface area contributed by atoms with Crippen LogP contribution in [-0.2, 0) is 52.1 Å². The molecule has 15 heteroatoms. The van der Waals surface area contributed by atoms with Crippen molar-refractivity contribution in [3.63, 3.8) is 0 Å². The Bertz CT molecular complexity index is 2210. The van der Waals surface area contributed by atoms with Crippen molar-refractivity contribution < 1.29 is 43.7 Å². The largest absolute Gasteiger partial charge is 0.441 e. The van der Waals surface area contributed by atoms with Gasteiger partial charge in [-0.2, -0.15) is 0 Å². The summed E-state index contributed by atoms with van der Waals surface area (Å²) in [6.45, 7) is 4.63. The van der Waals surface area contributed by atoms with E-state index in [4.69, 9.17) is 9.47 Å². The van der Waals surface area contributed by atoms with Gasteiger partial charge in [-0.15, -0.1) is 5.10 Å². The maximum Gasteiger partial charge on any atom is 0.304 e. The summed E-state index contributed by atoms with van der Waals surface area (Å²) in [6, 6.07) is 21.4. The number of amides is 3. The Morgan fingerprint density at radius 3 is 2.20 bits per heavy atom. The van der Waals surface area contributed by atoms with E-state index in [1.54, 1.807) is 66.3 Å². The van der Waals surface area contributed by atoms with Crippen LogP contribution in [0.1, 0.15) is 68.3 Å². The summed E-state index contributed by atoms with van der Waals surface area (Å²) in [5.41, 5.74) is 1.72. The monoisotopic (exact) mass is 762 g/mol. The fourth-order valence-electron chi connectivity index (χ4n) is 7.48. The molecule has 3 amide bonds. The van der Waals surface area contributed by atoms with Gasteiger partial charge in [-0.25, -0.2) is 0 Å². The maximum absolute atomic E-state index is 14.5. The van der Waals surface area contributed by atoms with Gasteiger partial charge in [0.1, 0.15) is 0 Å². The van der Waals surface area contributed by atoms with E-state index in [0.717, 1.165) is 5.56 Å². The number of hydrogen-bond donors (Lipinski definition) is 2. The van der Waals surface area contributed by atoms with Crippen LogP contribution in [0.15, 0.2) is 91.1 Å². The number of ether oxygens (including phenoxy) is 2. The van der Waals surface area contributed by atoms with E-state index in [2.05, 4.69) is 10.3 Å². The summed E-state index contributed by atoms with van der Waals surface area (Å²) in [6.07, 6.45) is 4.45. The molecule has 3 aliphatic heterocycles. The maximum atomic E-state index is 14.5. The van der Waals surface area contributed by atoms with E-state index in [9.17, 15) is 34.2 Å². The molecule has 4 heterocycles. The summed E-state index contributed by atoms with van der Waals surface area (Å²) in [7, 11) is 0. The van der Waals surface area contributed by atoms with E-state index in [0.29, 0.717) is 41.3 Å². The molecule has 4 aromatic rings. The highest BCUT2D eigenvalue weighted by Crippen LogP contribution is 2.48. The van der Waals surface area contributed by atoms with Gasteiger partial charge in [-0.05, 0) is 47.9 Å². The lowest BCUT2D eigenvalue weighted by Crippen LogP contribution is -2.55. The lowest BCUT2D eigenvalue weighted by Gasteiger charge is -2.39. The van der Waals surface area contributed by atoms with Gasteiger partial charge in [0.15, 0.2) is 18.1 Å². The number of nitrogens with zero attached hydrogens (tertiary/aromatic N) is 6. The van der Waals surface area contributed by atoms with Crippen LogP contribution in [0.4, 0.5) is 17.1 Å². The molecule has 0 bridgehead atoms. The number of esters is 2. The number of allylic oxidation sites excluding steroid dienone is 1. The molecule has 5 atom stereocenters. The second kappa shape index (κ2) is 15.5. The van der Waals surface area contributed by atoms with Crippen molar-refractivity contribution in [2.24, 2.45) is 5.92 Å². The Balaban J connectivity index is 1.13. The lowest BCUT2D eigenvalue weighted by atomic mass is 9.82. The molecule has 3 aromatic carbocycles. The number of β-lactam (4-membered cyclic amide) rings is 2. The standard InChI is InChI=1S/C41H42N6O9/c1-25(10-7-8-17-44-23-34(42-43-44)32(24-48)29-12-5-4-6-13-29)41(54)33-19-31(47-37(52)21-39(47)56-27(3)50)15-16-35(33)45(40(41)53)22-28-11-9-14-30(18-28)46-36(51)20-38(46)55-26(2)49/h4-7,9-16,18-19,23,25,32,38-39,48,54H,8,17,20-22,24H2,1-3H3/b10-7+/t25-,32?,38?,39?,41+/m1/s1. The molecule has 0 aliphatic carbocycles. The highest BCUT2D eigenvalue weighted by Gasteiger charge is 2.53. The quantitative estimate of drug-likeness (QED) is 0.109. The van der Waals surface area contributed by atoms with Crippen LogP contribution < -0.4 is 14.7 Å². The number of rotatable bonds is 14. The average Bonchev–Trinajstić information content (AvgIpc) is 3.70. The number of aromatic nitrogens is 3. The molecule has 290 valence electrons. The van der Waals surface area contributed by atoms with Crippen molar-refractivity contribution >= 4 is 46.7 Å². The smallest absolute Gasteiger partial charge is 0.304 e. The highest BCUT2D eigenvalue weighted by molar-refractivity contribution is 6.09. The minimum Gasteiger partial charge on any atom is -0.441 e. The molecule has 3 aliphatic rings. The van der Waals surface area contributed by atoms with E-state index in [-0.39, 0.29) is 49.3 Å². The fraction of sp³-hybridized carbons (Fsp3) is 0.341. The van der Waals surface area contributed by atoms with Gasteiger partial charge in [0.2, 0.25) is 11.8 Å². The van der Waals surface area contributed by atoms with Crippen molar-refractivity contribution in [2.45, 2.75) is 77.1 Å². The van der Waals surface area contributed by atoms with Crippen molar-refractivity contribution in [3.05, 3.63) is 114 Å². The first-order valence-electron chi connectivity index (χ1n) is 18.4. The number of aliphatic hydroxyl groups is 2. The highest BCUT2D eigenvalue weighted by atomic mass is 16.6. The zero-order chi connectivity index (χ0) is 39.7. The summed E-state index contributed by atoms with van der Waals surface area (Å²) in [5, 5.41) is 31.0. The van der Waals surface area contributed by atoms with Crippen LogP contribution in [0.2, 0.25) is 0 Å². The third kappa shape index (κ3) is 7.18. The van der Waals surface area contributed by atoms with Crippen LogP contribution in [0, 0.1) is 5.92 Å². The van der Waals surface area contributed by atoms with Crippen LogP contribution in [0.3, 0.4) is 0 Å². The molecule has 2 saturated heterocycles. The van der Waals surface area contributed by atoms with Gasteiger partial charge in [0.05, 0.1) is 43.3 Å². The Hall–Kier alpha value is -6.19. The molecule has 56 heavy (non-hydrogen) atoms. The predicted octanol–water partition coefficient (Wildman–Crippen LogP) is 3.67. The second-order valence-corrected chi connectivity index (χ2v) is 14.2. The first kappa shape index (κ1) is 38.1. The normalized spacial score (nSPS) is 21.4. The number of hydrogen-bond acceptors (Lipinski definition) is 11. The summed E-state index contributed by atoms with van der Waals surface area (Å²) in [5.74, 6) is -3.19. The van der Waals surface area contributed by atoms with E-state index in [1.807, 2.05) is 36.4 Å². The molecule has 7 rings (SSSR count). The van der Waals surface area contributed by atoms with Crippen LogP contribution >= 0.6 is 0 Å². The van der Waals surface area contributed by atoms with E-state index < -0.39 is 41.8 Å². The van der Waals surface area contributed by atoms with Crippen molar-refractivity contribution in [3.8, 4) is 0 Å². The Kier molecular flexibility index (Phi) is 10.6. The molecule has 0 saturated carbocycles. The minimum absolute atomic E-state index is 0.0134. The number of aliphatic hydroxyl groups excluding tert-OH is 1. The molecule has 15 nitrogen and oxygen atoms in total. The Labute approximate surface area is 322 Å². The van der Waals surface area contributed by atoms with Gasteiger partial charge in [0.25, 0.3) is 5.91 Å². The lowest BCUT2D eigenvalue weighted by molar-refractivity contribution is -0.155. The SMILES string of the molecule is CC(=O)OC1CC(=O)N1c1cccc(CN2C(=O)[C@](O)([C@H](C)/C=C/CCn3cc(C(CO)c4ccccc4)nn3)c3cc(N4C(=O)CC4OC(C)=O)ccc32)c1. The predicted molar refractivity (Wildman–Crippen MR) is 202 cm³/mol. The number of aryl methyl sites for hydroxylation is 1. The molecule has 2 N–H and O–H groups in total. The van der Waals surface area contributed by atoms with Gasteiger partial charge >= 0.3 is 11.9 Å². The summed E-state index contributed by atoms with van der Waals surface area (Å²) >= 11 is 0.